The number of Topliss-reactive ketones (excluding diaryl/α,β-unsaturated/α-hetero) is 1. The Kier molecular flexibility index (Phi) is 6.28. The second kappa shape index (κ2) is 8.68. The molecule has 8 heteroatoms. The van der Waals surface area contributed by atoms with Crippen molar-refractivity contribution >= 4 is 40.7 Å². The number of benzene rings is 1. The van der Waals surface area contributed by atoms with Crippen LogP contribution in [0.4, 0.5) is 9.18 Å². The summed E-state index contributed by atoms with van der Waals surface area (Å²) in [5.41, 5.74) is 0.238. The van der Waals surface area contributed by atoms with Gasteiger partial charge in [0.2, 0.25) is 5.91 Å². The number of carbonyl (C=O) groups excluding carboxylic acids is 4. The fraction of sp³-hybridized carbons (Fsp3) is 0.400. The molecule has 3 rings (SSSR count). The molecule has 0 bridgehead atoms. The summed E-state index contributed by atoms with van der Waals surface area (Å²) in [6.45, 7) is 2.07. The average Bonchev–Trinajstić information content (AvgIpc) is 2.91. The van der Waals surface area contributed by atoms with Gasteiger partial charge in [-0.25, -0.2) is 4.39 Å². The van der Waals surface area contributed by atoms with Crippen molar-refractivity contribution in [3.63, 3.8) is 0 Å². The summed E-state index contributed by atoms with van der Waals surface area (Å²) >= 11 is 0.755. The van der Waals surface area contributed by atoms with Gasteiger partial charge in [-0.1, -0.05) is 25.1 Å². The van der Waals surface area contributed by atoms with E-state index in [4.69, 9.17) is 0 Å². The maximum absolute atomic E-state index is 13.8. The zero-order valence-electron chi connectivity index (χ0n) is 15.4. The molecule has 3 amide bonds. The van der Waals surface area contributed by atoms with E-state index < -0.39 is 17.0 Å². The monoisotopic (exact) mass is 404 g/mol. The summed E-state index contributed by atoms with van der Waals surface area (Å²) in [6.07, 6.45) is 2.70. The topological polar surface area (TPSA) is 83.6 Å². The van der Waals surface area contributed by atoms with Gasteiger partial charge < -0.3 is 5.32 Å². The van der Waals surface area contributed by atoms with E-state index in [1.807, 2.05) is 6.92 Å². The first-order valence-corrected chi connectivity index (χ1v) is 9.97. The van der Waals surface area contributed by atoms with E-state index in [9.17, 15) is 23.6 Å². The molecule has 1 heterocycles. The fourth-order valence-electron chi connectivity index (χ4n) is 3.44. The summed E-state index contributed by atoms with van der Waals surface area (Å²) in [4.78, 5) is 49.5. The summed E-state index contributed by atoms with van der Waals surface area (Å²) in [5, 5.41) is 2.31. The van der Waals surface area contributed by atoms with E-state index in [1.165, 1.54) is 18.2 Å². The van der Waals surface area contributed by atoms with Crippen molar-refractivity contribution in [1.29, 1.82) is 0 Å². The van der Waals surface area contributed by atoms with Gasteiger partial charge in [0.1, 0.15) is 11.6 Å². The van der Waals surface area contributed by atoms with Crippen molar-refractivity contribution < 1.29 is 23.6 Å². The lowest BCUT2D eigenvalue weighted by Crippen LogP contribution is -2.42. The normalized spacial score (nSPS) is 24.1. The molecule has 1 saturated heterocycles. The lowest BCUT2D eigenvalue weighted by atomic mass is 9.79. The highest BCUT2D eigenvalue weighted by molar-refractivity contribution is 8.18. The first-order chi connectivity index (χ1) is 13.4. The van der Waals surface area contributed by atoms with Crippen LogP contribution in [0, 0.1) is 17.7 Å². The molecule has 6 nitrogen and oxygen atoms in total. The van der Waals surface area contributed by atoms with Gasteiger partial charge in [-0.3, -0.25) is 24.1 Å². The number of imide groups is 1. The van der Waals surface area contributed by atoms with Crippen molar-refractivity contribution in [2.45, 2.75) is 26.2 Å². The minimum absolute atomic E-state index is 0.0119. The maximum atomic E-state index is 13.8. The van der Waals surface area contributed by atoms with Gasteiger partial charge in [0.25, 0.3) is 11.1 Å². The third-order valence-corrected chi connectivity index (χ3v) is 5.91. The van der Waals surface area contributed by atoms with Crippen LogP contribution in [-0.4, -0.2) is 40.8 Å². The molecule has 2 fully saturated rings. The summed E-state index contributed by atoms with van der Waals surface area (Å²) in [6, 6.07) is 6.00. The van der Waals surface area contributed by atoms with Gasteiger partial charge >= 0.3 is 0 Å². The standard InChI is InChI=1S/C20H21FN2O4S/c1-12-10-14(24)6-7-15(12)18(25)22-8-9-23-19(26)17(28-20(23)27)11-13-4-2-3-5-16(13)21/h2-5,11-12,15H,6-10H2,1H3,(H,22,25). The summed E-state index contributed by atoms with van der Waals surface area (Å²) in [7, 11) is 0. The molecule has 1 aromatic carbocycles. The largest absolute Gasteiger partial charge is 0.354 e. The number of nitrogens with zero attached hydrogens (tertiary/aromatic N) is 1. The number of nitrogens with one attached hydrogen (secondary N) is 1. The Hall–Kier alpha value is -2.48. The van der Waals surface area contributed by atoms with Crippen LogP contribution in [0.5, 0.6) is 0 Å². The Morgan fingerprint density at radius 2 is 2.07 bits per heavy atom. The number of carbonyl (C=O) groups is 4. The third-order valence-electron chi connectivity index (χ3n) is 5.01. The second-order valence-electron chi connectivity index (χ2n) is 7.01. The van der Waals surface area contributed by atoms with Crippen LogP contribution in [0.1, 0.15) is 31.7 Å². The predicted molar refractivity (Wildman–Crippen MR) is 104 cm³/mol. The summed E-state index contributed by atoms with van der Waals surface area (Å²) < 4.78 is 13.8. The highest BCUT2D eigenvalue weighted by atomic mass is 32.2. The quantitative estimate of drug-likeness (QED) is 0.763. The minimum Gasteiger partial charge on any atom is -0.354 e. The second-order valence-corrected chi connectivity index (χ2v) is 8.00. The minimum atomic E-state index is -0.496. The van der Waals surface area contributed by atoms with Crippen LogP contribution in [-0.2, 0) is 14.4 Å². The molecule has 148 valence electrons. The Morgan fingerprint density at radius 1 is 1.32 bits per heavy atom. The summed E-state index contributed by atoms with van der Waals surface area (Å²) in [5.74, 6) is -1.19. The van der Waals surface area contributed by atoms with Gasteiger partial charge in [0.05, 0.1) is 4.91 Å². The van der Waals surface area contributed by atoms with Gasteiger partial charge in [-0.2, -0.15) is 0 Å². The van der Waals surface area contributed by atoms with Gasteiger partial charge in [-0.05, 0) is 36.2 Å². The van der Waals surface area contributed by atoms with E-state index in [2.05, 4.69) is 5.32 Å². The van der Waals surface area contributed by atoms with Crippen molar-refractivity contribution in [3.05, 3.63) is 40.6 Å². The molecule has 2 aliphatic rings. The Morgan fingerprint density at radius 3 is 2.79 bits per heavy atom. The van der Waals surface area contributed by atoms with Crippen LogP contribution < -0.4 is 5.32 Å². The number of hydrogen-bond acceptors (Lipinski definition) is 5. The van der Waals surface area contributed by atoms with Crippen LogP contribution in [0.15, 0.2) is 29.2 Å². The number of halogens is 1. The molecule has 0 radical (unpaired) electrons. The van der Waals surface area contributed by atoms with E-state index in [1.54, 1.807) is 12.1 Å². The van der Waals surface area contributed by atoms with Crippen molar-refractivity contribution in [2.75, 3.05) is 13.1 Å². The Labute approximate surface area is 166 Å². The Balaban J connectivity index is 1.56. The molecular weight excluding hydrogens is 383 g/mol. The predicted octanol–water partition coefficient (Wildman–Crippen LogP) is 2.98. The van der Waals surface area contributed by atoms with Gasteiger partial charge in [0.15, 0.2) is 0 Å². The lowest BCUT2D eigenvalue weighted by Gasteiger charge is -2.27. The zero-order valence-corrected chi connectivity index (χ0v) is 16.3. The molecule has 2 atom stereocenters. The molecule has 1 aromatic rings. The smallest absolute Gasteiger partial charge is 0.293 e. The fourth-order valence-corrected chi connectivity index (χ4v) is 4.30. The SMILES string of the molecule is CC1CC(=O)CCC1C(=O)NCCN1C(=O)SC(=Cc2ccccc2F)C1=O. The van der Waals surface area contributed by atoms with Gasteiger partial charge in [0, 0.05) is 37.4 Å². The van der Waals surface area contributed by atoms with Crippen LogP contribution >= 0.6 is 11.8 Å². The van der Waals surface area contributed by atoms with Crippen LogP contribution in [0.3, 0.4) is 0 Å². The van der Waals surface area contributed by atoms with Crippen molar-refractivity contribution in [2.24, 2.45) is 11.8 Å². The average molecular weight is 404 g/mol. The number of rotatable bonds is 5. The highest BCUT2D eigenvalue weighted by Crippen LogP contribution is 2.32. The number of amides is 3. The first-order valence-electron chi connectivity index (χ1n) is 9.16. The molecule has 1 N–H and O–H groups in total. The van der Waals surface area contributed by atoms with E-state index >= 15 is 0 Å². The lowest BCUT2D eigenvalue weighted by molar-refractivity contribution is -0.131. The molecule has 1 saturated carbocycles. The van der Waals surface area contributed by atoms with E-state index in [-0.39, 0.29) is 47.1 Å². The molecule has 2 unspecified atom stereocenters. The molecular formula is C20H21FN2O4S. The number of hydrogen-bond donors (Lipinski definition) is 1. The molecule has 28 heavy (non-hydrogen) atoms. The van der Waals surface area contributed by atoms with Crippen molar-refractivity contribution in [1.82, 2.24) is 10.2 Å². The van der Waals surface area contributed by atoms with Crippen LogP contribution in [0.2, 0.25) is 0 Å². The van der Waals surface area contributed by atoms with Crippen LogP contribution in [0.25, 0.3) is 6.08 Å². The number of thioether (sulfide) groups is 1. The highest BCUT2D eigenvalue weighted by Gasteiger charge is 2.35. The molecule has 0 aromatic heterocycles. The van der Waals surface area contributed by atoms with Crippen molar-refractivity contribution in [3.8, 4) is 0 Å². The number of ketones is 1. The molecule has 1 aliphatic carbocycles. The van der Waals surface area contributed by atoms with Gasteiger partial charge in [-0.15, -0.1) is 0 Å². The zero-order chi connectivity index (χ0) is 20.3. The van der Waals surface area contributed by atoms with E-state index in [0.717, 1.165) is 16.7 Å². The first kappa shape index (κ1) is 20.3. The molecule has 0 spiro atoms. The third kappa shape index (κ3) is 4.49. The van der Waals surface area contributed by atoms with E-state index in [0.29, 0.717) is 19.3 Å². The Bertz CT molecular complexity index is 854. The maximum Gasteiger partial charge on any atom is 0.293 e. The molecule has 1 aliphatic heterocycles.